The maximum atomic E-state index is 13.5. The third kappa shape index (κ3) is 4.44. The van der Waals surface area contributed by atoms with Crippen LogP contribution in [0.3, 0.4) is 0 Å². The van der Waals surface area contributed by atoms with E-state index < -0.39 is 6.04 Å². The van der Waals surface area contributed by atoms with E-state index in [0.29, 0.717) is 34.0 Å². The molecule has 1 atom stereocenters. The molecule has 5 rings (SSSR count). The first-order valence-corrected chi connectivity index (χ1v) is 11.4. The first-order valence-electron chi connectivity index (χ1n) is 11.4. The van der Waals surface area contributed by atoms with Crippen molar-refractivity contribution in [3.05, 3.63) is 119 Å². The van der Waals surface area contributed by atoms with Crippen LogP contribution < -0.4 is 16.0 Å². The molecule has 2 amide bonds. The van der Waals surface area contributed by atoms with Gasteiger partial charge >= 0.3 is 0 Å². The average molecular weight is 464 g/mol. The lowest BCUT2D eigenvalue weighted by molar-refractivity contribution is -0.113. The van der Waals surface area contributed by atoms with Crippen molar-refractivity contribution in [3.8, 4) is 0 Å². The van der Waals surface area contributed by atoms with Gasteiger partial charge in [-0.05, 0) is 43.7 Å². The van der Waals surface area contributed by atoms with Crippen LogP contribution in [0.2, 0.25) is 0 Å². The van der Waals surface area contributed by atoms with Crippen molar-refractivity contribution in [2.75, 3.05) is 16.0 Å². The summed E-state index contributed by atoms with van der Waals surface area (Å²) >= 11 is 0. The van der Waals surface area contributed by atoms with Crippen molar-refractivity contribution in [3.63, 3.8) is 0 Å². The van der Waals surface area contributed by atoms with Gasteiger partial charge in [0.15, 0.2) is 0 Å². The van der Waals surface area contributed by atoms with Gasteiger partial charge in [0.05, 0.1) is 11.8 Å². The maximum absolute atomic E-state index is 13.5. The van der Waals surface area contributed by atoms with E-state index in [2.05, 4.69) is 21.0 Å². The molecule has 7 heteroatoms. The molecule has 0 aliphatic carbocycles. The average Bonchev–Trinajstić information content (AvgIpc) is 3.28. The van der Waals surface area contributed by atoms with Crippen LogP contribution in [-0.2, 0) is 4.79 Å². The zero-order valence-corrected chi connectivity index (χ0v) is 19.4. The minimum atomic E-state index is -0.506. The van der Waals surface area contributed by atoms with Crippen molar-refractivity contribution in [1.82, 2.24) is 9.78 Å². The van der Waals surface area contributed by atoms with Gasteiger partial charge in [-0.25, -0.2) is 4.68 Å². The summed E-state index contributed by atoms with van der Waals surface area (Å²) in [5, 5.41) is 13.7. The lowest BCUT2D eigenvalue weighted by Crippen LogP contribution is -2.32. The molecule has 0 fully saturated rings. The number of amides is 2. The summed E-state index contributed by atoms with van der Waals surface area (Å²) in [5.41, 5.74) is 4.96. The quantitative estimate of drug-likeness (QED) is 0.371. The Morgan fingerprint density at radius 2 is 1.46 bits per heavy atom. The van der Waals surface area contributed by atoms with Crippen LogP contribution in [0, 0.1) is 6.92 Å². The molecule has 3 aromatic carbocycles. The van der Waals surface area contributed by atoms with Gasteiger partial charge in [-0.1, -0.05) is 66.2 Å². The number of hydrogen-bond donors (Lipinski definition) is 3. The fourth-order valence-corrected chi connectivity index (χ4v) is 4.30. The summed E-state index contributed by atoms with van der Waals surface area (Å²) in [7, 11) is 0. The van der Waals surface area contributed by atoms with E-state index in [4.69, 9.17) is 0 Å². The van der Waals surface area contributed by atoms with Gasteiger partial charge in [-0.3, -0.25) is 9.59 Å². The molecule has 1 aliphatic heterocycles. The van der Waals surface area contributed by atoms with Crippen LogP contribution >= 0.6 is 0 Å². The number of fused-ring (bicyclic) bond motifs is 1. The lowest BCUT2D eigenvalue weighted by Gasteiger charge is -2.30. The second kappa shape index (κ2) is 9.30. The number of anilines is 3. The number of benzene rings is 3. The number of hydrogen-bond acceptors (Lipinski definition) is 4. The highest BCUT2D eigenvalue weighted by atomic mass is 16.2. The van der Waals surface area contributed by atoms with Crippen LogP contribution in [0.15, 0.2) is 102 Å². The van der Waals surface area contributed by atoms with Crippen LogP contribution in [0.25, 0.3) is 0 Å². The number of aromatic nitrogens is 2. The van der Waals surface area contributed by atoms with Gasteiger partial charge in [0.2, 0.25) is 0 Å². The molecule has 4 aromatic rings. The number of carbonyl (C=O) groups excluding carboxylic acids is 2. The van der Waals surface area contributed by atoms with Crippen molar-refractivity contribution < 1.29 is 9.59 Å². The predicted octanol–water partition coefficient (Wildman–Crippen LogP) is 5.37. The molecule has 0 radical (unpaired) electrons. The summed E-state index contributed by atoms with van der Waals surface area (Å²) in [6.45, 7) is 3.85. The number of rotatable bonds is 5. The minimum Gasteiger partial charge on any atom is -0.343 e. The van der Waals surface area contributed by atoms with Crippen LogP contribution in [0.1, 0.15) is 34.5 Å². The standard InChI is InChI=1S/C28H25N5O2/c1-18-10-9-11-20(16-18)25-24(28(35)32-22-14-7-4-8-15-22)19(2)30-26-23(17-29-33(25)26)27(34)31-21-12-5-3-6-13-21/h3-17,25,30H,1-2H3,(H,31,34)(H,32,35). The summed E-state index contributed by atoms with van der Waals surface area (Å²) in [4.78, 5) is 26.6. The fraction of sp³-hybridized carbons (Fsp3) is 0.107. The Balaban J connectivity index is 1.55. The molecule has 0 spiro atoms. The molecule has 35 heavy (non-hydrogen) atoms. The largest absolute Gasteiger partial charge is 0.343 e. The van der Waals surface area contributed by atoms with Gasteiger partial charge in [-0.15, -0.1) is 0 Å². The zero-order valence-electron chi connectivity index (χ0n) is 19.4. The molecule has 7 nitrogen and oxygen atoms in total. The van der Waals surface area contributed by atoms with Crippen molar-refractivity contribution in [1.29, 1.82) is 0 Å². The molecule has 0 bridgehead atoms. The Labute approximate surface area is 203 Å². The zero-order chi connectivity index (χ0) is 24.4. The molecule has 0 saturated heterocycles. The van der Waals surface area contributed by atoms with Gasteiger partial charge in [0.25, 0.3) is 11.8 Å². The highest BCUT2D eigenvalue weighted by Crippen LogP contribution is 2.38. The van der Waals surface area contributed by atoms with Gasteiger partial charge in [-0.2, -0.15) is 5.10 Å². The topological polar surface area (TPSA) is 88.0 Å². The van der Waals surface area contributed by atoms with Gasteiger partial charge in [0, 0.05) is 17.1 Å². The number of nitrogens with one attached hydrogen (secondary N) is 3. The van der Waals surface area contributed by atoms with Crippen molar-refractivity contribution in [2.45, 2.75) is 19.9 Å². The number of allylic oxidation sites excluding steroid dienone is 1. The Morgan fingerprint density at radius 1 is 0.829 bits per heavy atom. The van der Waals surface area contributed by atoms with Crippen molar-refractivity contribution in [2.24, 2.45) is 0 Å². The van der Waals surface area contributed by atoms with E-state index in [1.54, 1.807) is 4.68 Å². The number of para-hydroxylation sites is 2. The summed E-state index contributed by atoms with van der Waals surface area (Å²) < 4.78 is 1.71. The second-order valence-electron chi connectivity index (χ2n) is 8.47. The highest BCUT2D eigenvalue weighted by Gasteiger charge is 2.35. The fourth-order valence-electron chi connectivity index (χ4n) is 4.30. The highest BCUT2D eigenvalue weighted by molar-refractivity contribution is 6.09. The van der Waals surface area contributed by atoms with Crippen LogP contribution in [0.4, 0.5) is 17.2 Å². The van der Waals surface area contributed by atoms with Crippen LogP contribution in [-0.4, -0.2) is 21.6 Å². The van der Waals surface area contributed by atoms with E-state index in [1.165, 1.54) is 6.20 Å². The van der Waals surface area contributed by atoms with E-state index >= 15 is 0 Å². The van der Waals surface area contributed by atoms with E-state index in [1.807, 2.05) is 98.8 Å². The molecule has 174 valence electrons. The smallest absolute Gasteiger partial charge is 0.261 e. The van der Waals surface area contributed by atoms with Gasteiger partial charge < -0.3 is 16.0 Å². The van der Waals surface area contributed by atoms with Gasteiger partial charge in [0.1, 0.15) is 17.4 Å². The van der Waals surface area contributed by atoms with Crippen LogP contribution in [0.5, 0.6) is 0 Å². The predicted molar refractivity (Wildman–Crippen MR) is 137 cm³/mol. The first kappa shape index (κ1) is 22.2. The molecule has 1 unspecified atom stereocenters. The molecule has 1 aliphatic rings. The third-order valence-electron chi connectivity index (χ3n) is 5.93. The first-order chi connectivity index (χ1) is 17.0. The van der Waals surface area contributed by atoms with Crippen molar-refractivity contribution >= 4 is 29.0 Å². The summed E-state index contributed by atoms with van der Waals surface area (Å²) in [5.74, 6) is 0.0285. The normalized spacial score (nSPS) is 14.6. The maximum Gasteiger partial charge on any atom is 0.261 e. The number of carbonyl (C=O) groups is 2. The molecule has 2 heterocycles. The number of nitrogens with zero attached hydrogens (tertiary/aromatic N) is 2. The summed E-state index contributed by atoms with van der Waals surface area (Å²) in [6.07, 6.45) is 1.54. The SMILES string of the molecule is CC1=C(C(=O)Nc2ccccc2)C(c2cccc(C)c2)n2ncc(C(=O)Nc3ccccc3)c2N1. The molecule has 1 aromatic heterocycles. The van der Waals surface area contributed by atoms with E-state index in [0.717, 1.165) is 11.1 Å². The Morgan fingerprint density at radius 3 is 2.09 bits per heavy atom. The molecule has 3 N–H and O–H groups in total. The molecular weight excluding hydrogens is 438 g/mol. The van der Waals surface area contributed by atoms with E-state index in [9.17, 15) is 9.59 Å². The Kier molecular flexibility index (Phi) is 5.89. The Bertz CT molecular complexity index is 1420. The lowest BCUT2D eigenvalue weighted by atomic mass is 9.93. The second-order valence-corrected chi connectivity index (χ2v) is 8.47. The Hall–Kier alpha value is -4.65. The monoisotopic (exact) mass is 463 g/mol. The third-order valence-corrected chi connectivity index (χ3v) is 5.93. The number of aryl methyl sites for hydroxylation is 1. The minimum absolute atomic E-state index is 0.232. The molecular formula is C28H25N5O2. The molecule has 0 saturated carbocycles. The van der Waals surface area contributed by atoms with E-state index in [-0.39, 0.29) is 11.8 Å². The summed E-state index contributed by atoms with van der Waals surface area (Å²) in [6, 6.07) is 26.1.